The molecule has 0 heterocycles. The van der Waals surface area contributed by atoms with Gasteiger partial charge in [0, 0.05) is 12.2 Å². The standard InChI is InChI=1S/C13H13N.3BF4.K/c1-3-7-12(8-4-1)11-14-13-9-5-2-6-10-13;3*2-1(3,4)5;/h1-10,14H,11H2;;;;/q;3*-1;+1. The van der Waals surface area contributed by atoms with Gasteiger partial charge in [-0.3, -0.25) is 0 Å². The predicted octanol–water partition coefficient (Wildman–Crippen LogP) is 4.20. The average Bonchev–Trinajstić information content (AvgIpc) is 2.50. The van der Waals surface area contributed by atoms with Crippen molar-refractivity contribution in [3.8, 4) is 0 Å². The normalized spacial score (nSPS) is 10.5. The second-order valence-electron chi connectivity index (χ2n) is 4.69. The molecule has 2 aromatic rings. The number of anilines is 1. The van der Waals surface area contributed by atoms with E-state index in [4.69, 9.17) is 0 Å². The Kier molecular flexibility index (Phi) is 19.0. The molecule has 0 saturated carbocycles. The summed E-state index contributed by atoms with van der Waals surface area (Å²) in [6.07, 6.45) is 0. The number of nitrogens with one attached hydrogen (secondary N) is 1. The van der Waals surface area contributed by atoms with Crippen molar-refractivity contribution >= 4 is 27.5 Å². The van der Waals surface area contributed by atoms with E-state index in [-0.39, 0.29) is 51.4 Å². The Balaban J connectivity index is -0.000000383. The minimum Gasteiger partial charge on any atom is -0.418 e. The molecule has 166 valence electrons. The van der Waals surface area contributed by atoms with Gasteiger partial charge >= 0.3 is 73.1 Å². The molecule has 2 aromatic carbocycles. The van der Waals surface area contributed by atoms with Crippen molar-refractivity contribution in [3.05, 3.63) is 66.2 Å². The molecule has 2 rings (SSSR count). The first-order valence-electron chi connectivity index (χ1n) is 7.40. The first-order chi connectivity index (χ1) is 12.9. The molecule has 0 bridgehead atoms. The summed E-state index contributed by atoms with van der Waals surface area (Å²) in [5.74, 6) is 0. The van der Waals surface area contributed by atoms with Gasteiger partial charge in [0.2, 0.25) is 0 Å². The minimum atomic E-state index is -6.00. The predicted molar refractivity (Wildman–Crippen MR) is 90.8 cm³/mol. The van der Waals surface area contributed by atoms with Crippen LogP contribution in [-0.2, 0) is 6.54 Å². The van der Waals surface area contributed by atoms with Crippen LogP contribution in [0.25, 0.3) is 0 Å². The summed E-state index contributed by atoms with van der Waals surface area (Å²) in [5, 5.41) is 3.36. The first-order valence-corrected chi connectivity index (χ1v) is 7.40. The summed E-state index contributed by atoms with van der Waals surface area (Å²) in [6, 6.07) is 20.6. The van der Waals surface area contributed by atoms with Crippen LogP contribution in [0.1, 0.15) is 5.56 Å². The number of benzene rings is 2. The van der Waals surface area contributed by atoms with Gasteiger partial charge in [-0.2, -0.15) is 0 Å². The van der Waals surface area contributed by atoms with Crippen LogP contribution < -0.4 is 56.7 Å². The van der Waals surface area contributed by atoms with Gasteiger partial charge < -0.3 is 57.1 Å². The Labute approximate surface area is 207 Å². The molecule has 0 saturated heterocycles. The number of hydrogen-bond acceptors (Lipinski definition) is 1. The van der Waals surface area contributed by atoms with Crippen molar-refractivity contribution in [2.45, 2.75) is 6.54 Å². The van der Waals surface area contributed by atoms with E-state index in [1.165, 1.54) is 5.56 Å². The van der Waals surface area contributed by atoms with Crippen molar-refractivity contribution in [1.29, 1.82) is 0 Å². The molecule has 0 atom stereocenters. The van der Waals surface area contributed by atoms with E-state index in [9.17, 15) is 51.8 Å². The number of halogens is 12. The van der Waals surface area contributed by atoms with Crippen molar-refractivity contribution in [3.63, 3.8) is 0 Å². The zero-order valence-corrected chi connectivity index (χ0v) is 18.4. The summed E-state index contributed by atoms with van der Waals surface area (Å²) in [5.41, 5.74) is 2.47. The average molecular weight is 483 g/mol. The Bertz CT molecular complexity index is 552. The SMILES string of the molecule is F[B-](F)(F)F.F[B-](F)(F)F.F[B-](F)(F)F.[K+].c1ccc(CNc2ccccc2)cc1. The smallest absolute Gasteiger partial charge is 0.418 e. The van der Waals surface area contributed by atoms with Gasteiger partial charge in [0.05, 0.1) is 0 Å². The van der Waals surface area contributed by atoms with Gasteiger partial charge in [0.1, 0.15) is 0 Å². The van der Waals surface area contributed by atoms with Gasteiger partial charge in [0.15, 0.2) is 0 Å². The topological polar surface area (TPSA) is 12.0 Å². The van der Waals surface area contributed by atoms with E-state index in [1.54, 1.807) is 0 Å². The van der Waals surface area contributed by atoms with Crippen molar-refractivity contribution in [2.75, 3.05) is 5.32 Å². The third-order valence-corrected chi connectivity index (χ3v) is 2.11. The first kappa shape index (κ1) is 33.9. The van der Waals surface area contributed by atoms with Crippen LogP contribution in [0.2, 0.25) is 0 Å². The number of para-hydroxylation sites is 1. The molecule has 1 N–H and O–H groups in total. The van der Waals surface area contributed by atoms with E-state index in [1.807, 2.05) is 24.3 Å². The number of hydrogen-bond donors (Lipinski definition) is 1. The molecule has 0 aromatic heterocycles. The second kappa shape index (κ2) is 16.9. The molecular formula is C13H13B3F12KN-2. The van der Waals surface area contributed by atoms with Gasteiger partial charge in [-0.1, -0.05) is 48.5 Å². The molecule has 0 aliphatic heterocycles. The van der Waals surface area contributed by atoms with Crippen LogP contribution in [0.5, 0.6) is 0 Å². The summed E-state index contributed by atoms with van der Waals surface area (Å²) >= 11 is 0. The summed E-state index contributed by atoms with van der Waals surface area (Å²) in [7, 11) is -18.0. The van der Waals surface area contributed by atoms with Gasteiger partial charge in [-0.15, -0.1) is 0 Å². The fraction of sp³-hybridized carbons (Fsp3) is 0.0769. The van der Waals surface area contributed by atoms with E-state index >= 15 is 0 Å². The van der Waals surface area contributed by atoms with Crippen LogP contribution in [0, 0.1) is 0 Å². The molecule has 0 unspecified atom stereocenters. The minimum absolute atomic E-state index is 0. The van der Waals surface area contributed by atoms with Crippen molar-refractivity contribution in [1.82, 2.24) is 0 Å². The van der Waals surface area contributed by atoms with Crippen LogP contribution in [0.3, 0.4) is 0 Å². The van der Waals surface area contributed by atoms with E-state index in [0.29, 0.717) is 0 Å². The Morgan fingerprint density at radius 1 is 0.500 bits per heavy atom. The van der Waals surface area contributed by atoms with Crippen LogP contribution in [0.15, 0.2) is 60.7 Å². The van der Waals surface area contributed by atoms with E-state index in [0.717, 1.165) is 12.2 Å². The molecule has 0 spiro atoms. The second-order valence-corrected chi connectivity index (χ2v) is 4.69. The molecule has 30 heavy (non-hydrogen) atoms. The van der Waals surface area contributed by atoms with Gasteiger partial charge in [-0.25, -0.2) is 0 Å². The van der Waals surface area contributed by atoms with Crippen molar-refractivity contribution < 1.29 is 103 Å². The van der Waals surface area contributed by atoms with Gasteiger partial charge in [0.25, 0.3) is 0 Å². The van der Waals surface area contributed by atoms with Crippen LogP contribution in [-0.4, -0.2) is 21.8 Å². The van der Waals surface area contributed by atoms with Crippen LogP contribution in [0.4, 0.5) is 57.5 Å². The zero-order valence-electron chi connectivity index (χ0n) is 15.2. The maximum absolute atomic E-state index is 9.75. The quantitative estimate of drug-likeness (QED) is 0.511. The van der Waals surface area contributed by atoms with Gasteiger partial charge in [-0.05, 0) is 17.7 Å². The Morgan fingerprint density at radius 3 is 1.07 bits per heavy atom. The molecule has 0 amide bonds. The molecule has 0 aliphatic rings. The fourth-order valence-electron chi connectivity index (χ4n) is 1.36. The fourth-order valence-corrected chi connectivity index (χ4v) is 1.36. The molecule has 0 fully saturated rings. The third kappa shape index (κ3) is 45.8. The summed E-state index contributed by atoms with van der Waals surface area (Å²) in [6.45, 7) is 0.880. The molecular weight excluding hydrogens is 470 g/mol. The maximum Gasteiger partial charge on any atom is 1.00 e. The Hall–Kier alpha value is -0.769. The molecule has 1 nitrogen and oxygen atoms in total. The summed E-state index contributed by atoms with van der Waals surface area (Å²) in [4.78, 5) is 0. The Morgan fingerprint density at radius 2 is 0.767 bits per heavy atom. The zero-order chi connectivity index (χ0) is 23.1. The molecule has 0 aliphatic carbocycles. The summed E-state index contributed by atoms with van der Waals surface area (Å²) < 4.78 is 117. The maximum atomic E-state index is 9.75. The molecule has 17 heteroatoms. The van der Waals surface area contributed by atoms with Crippen LogP contribution >= 0.6 is 0 Å². The third-order valence-electron chi connectivity index (χ3n) is 2.11. The van der Waals surface area contributed by atoms with E-state index < -0.39 is 21.8 Å². The monoisotopic (exact) mass is 483 g/mol. The largest absolute Gasteiger partial charge is 1.00 e. The van der Waals surface area contributed by atoms with E-state index in [2.05, 4.69) is 41.7 Å². The molecule has 0 radical (unpaired) electrons. The number of rotatable bonds is 3. The van der Waals surface area contributed by atoms with Crippen molar-refractivity contribution in [2.24, 2.45) is 0 Å².